The van der Waals surface area contributed by atoms with Crippen molar-refractivity contribution in [2.75, 3.05) is 26.8 Å². The highest BCUT2D eigenvalue weighted by molar-refractivity contribution is 5.77. The smallest absolute Gasteiger partial charge is 0.260 e. The molecule has 1 saturated heterocycles. The molecule has 2 aromatic carbocycles. The highest BCUT2D eigenvalue weighted by Crippen LogP contribution is 2.29. The Morgan fingerprint density at radius 2 is 1.87 bits per heavy atom. The number of carbonyl (C=O) groups excluding carboxylic acids is 1. The lowest BCUT2D eigenvalue weighted by Crippen LogP contribution is -2.40. The molecule has 0 bridgehead atoms. The first-order valence-electron chi connectivity index (χ1n) is 9.76. The minimum absolute atomic E-state index is 0.0207. The first-order valence-corrected chi connectivity index (χ1v) is 9.76. The summed E-state index contributed by atoms with van der Waals surface area (Å²) in [5.41, 5.74) is 0.678. The van der Waals surface area contributed by atoms with Crippen LogP contribution in [0.4, 0.5) is 4.39 Å². The van der Waals surface area contributed by atoms with E-state index in [-0.39, 0.29) is 24.2 Å². The molecule has 1 aliphatic heterocycles. The van der Waals surface area contributed by atoms with Crippen LogP contribution in [-0.2, 0) is 4.79 Å². The molecule has 0 aliphatic carbocycles. The highest BCUT2D eigenvalue weighted by Gasteiger charge is 2.27. The number of ether oxygens (including phenoxy) is 2. The molecule has 0 N–H and O–H groups in total. The second-order valence-electron chi connectivity index (χ2n) is 7.08. The van der Waals surface area contributed by atoms with E-state index >= 15 is 0 Å². The molecule has 0 spiro atoms. The summed E-state index contributed by atoms with van der Waals surface area (Å²) in [6, 6.07) is 13.1. The van der Waals surface area contributed by atoms with Gasteiger partial charge in [0, 0.05) is 30.6 Å². The van der Waals surface area contributed by atoms with Crippen LogP contribution in [0, 0.1) is 5.82 Å². The molecule has 0 atom stereocenters. The molecule has 1 aliphatic rings. The van der Waals surface area contributed by atoms with Gasteiger partial charge in [-0.2, -0.15) is 0 Å². The zero-order valence-corrected chi connectivity index (χ0v) is 16.6. The van der Waals surface area contributed by atoms with E-state index in [2.05, 4.69) is 10.2 Å². The molecule has 8 heteroatoms. The van der Waals surface area contributed by atoms with Crippen LogP contribution in [0.5, 0.6) is 11.5 Å². The third kappa shape index (κ3) is 4.59. The van der Waals surface area contributed by atoms with Crippen molar-refractivity contribution in [3.63, 3.8) is 0 Å². The van der Waals surface area contributed by atoms with Gasteiger partial charge in [-0.15, -0.1) is 10.2 Å². The molecule has 1 aromatic heterocycles. The van der Waals surface area contributed by atoms with E-state index in [1.54, 1.807) is 36.3 Å². The number of aromatic nitrogens is 2. The fourth-order valence-corrected chi connectivity index (χ4v) is 3.41. The summed E-state index contributed by atoms with van der Waals surface area (Å²) in [6.07, 6.45) is 1.46. The Balaban J connectivity index is 1.29. The zero-order chi connectivity index (χ0) is 20.9. The van der Waals surface area contributed by atoms with Gasteiger partial charge in [0.05, 0.1) is 7.11 Å². The maximum Gasteiger partial charge on any atom is 0.260 e. The standard InChI is InChI=1S/C22H22FN3O4/c1-28-18-3-2-4-19(13-18)29-14-20(27)26-11-9-16(10-12-26)22-25-24-21(30-22)15-5-7-17(23)8-6-15/h2-8,13,16H,9-12,14H2,1H3. The molecular formula is C22H22FN3O4. The van der Waals surface area contributed by atoms with E-state index in [4.69, 9.17) is 13.9 Å². The van der Waals surface area contributed by atoms with Crippen molar-refractivity contribution < 1.29 is 23.1 Å². The third-order valence-electron chi connectivity index (χ3n) is 5.13. The van der Waals surface area contributed by atoms with Gasteiger partial charge in [-0.3, -0.25) is 4.79 Å². The molecule has 2 heterocycles. The molecule has 30 heavy (non-hydrogen) atoms. The van der Waals surface area contributed by atoms with Gasteiger partial charge in [-0.1, -0.05) is 6.07 Å². The third-order valence-corrected chi connectivity index (χ3v) is 5.13. The maximum absolute atomic E-state index is 13.1. The Morgan fingerprint density at radius 1 is 1.13 bits per heavy atom. The number of piperidine rings is 1. The molecule has 4 rings (SSSR count). The number of nitrogens with zero attached hydrogens (tertiary/aromatic N) is 3. The van der Waals surface area contributed by atoms with Crippen LogP contribution >= 0.6 is 0 Å². The van der Waals surface area contributed by atoms with Crippen molar-refractivity contribution in [3.05, 3.63) is 60.2 Å². The lowest BCUT2D eigenvalue weighted by molar-refractivity contribution is -0.134. The van der Waals surface area contributed by atoms with E-state index < -0.39 is 0 Å². The molecular weight excluding hydrogens is 389 g/mol. The first-order chi connectivity index (χ1) is 14.6. The number of carbonyl (C=O) groups is 1. The quantitative estimate of drug-likeness (QED) is 0.616. The molecule has 0 saturated carbocycles. The topological polar surface area (TPSA) is 77.7 Å². The Kier molecular flexibility index (Phi) is 5.92. The molecule has 1 amide bonds. The van der Waals surface area contributed by atoms with Crippen molar-refractivity contribution in [1.29, 1.82) is 0 Å². The molecule has 1 fully saturated rings. The predicted octanol–water partition coefficient (Wildman–Crippen LogP) is 3.67. The van der Waals surface area contributed by atoms with E-state index in [0.717, 1.165) is 12.8 Å². The van der Waals surface area contributed by atoms with Gasteiger partial charge >= 0.3 is 0 Å². The van der Waals surface area contributed by atoms with Crippen molar-refractivity contribution in [2.24, 2.45) is 0 Å². The van der Waals surface area contributed by atoms with Crippen LogP contribution in [0.1, 0.15) is 24.7 Å². The van der Waals surface area contributed by atoms with Crippen LogP contribution in [0.3, 0.4) is 0 Å². The largest absolute Gasteiger partial charge is 0.497 e. The van der Waals surface area contributed by atoms with Gasteiger partial charge < -0.3 is 18.8 Å². The number of rotatable bonds is 6. The van der Waals surface area contributed by atoms with E-state index in [1.807, 2.05) is 12.1 Å². The zero-order valence-electron chi connectivity index (χ0n) is 16.6. The fraction of sp³-hybridized carbons (Fsp3) is 0.318. The van der Waals surface area contributed by atoms with Crippen LogP contribution < -0.4 is 9.47 Å². The second kappa shape index (κ2) is 8.94. The molecule has 3 aromatic rings. The average Bonchev–Trinajstić information content (AvgIpc) is 3.28. The SMILES string of the molecule is COc1cccc(OCC(=O)N2CCC(c3nnc(-c4ccc(F)cc4)o3)CC2)c1. The number of halogens is 1. The molecule has 156 valence electrons. The summed E-state index contributed by atoms with van der Waals surface area (Å²) < 4.78 is 29.6. The van der Waals surface area contributed by atoms with Crippen LogP contribution in [-0.4, -0.2) is 47.8 Å². The minimum Gasteiger partial charge on any atom is -0.497 e. The number of hydrogen-bond donors (Lipinski definition) is 0. The minimum atomic E-state index is -0.314. The van der Waals surface area contributed by atoms with E-state index in [0.29, 0.717) is 41.9 Å². The average molecular weight is 411 g/mol. The van der Waals surface area contributed by atoms with Gasteiger partial charge in [-0.25, -0.2) is 4.39 Å². The number of amides is 1. The number of hydrogen-bond acceptors (Lipinski definition) is 6. The molecule has 0 radical (unpaired) electrons. The van der Waals surface area contributed by atoms with Crippen molar-refractivity contribution >= 4 is 5.91 Å². The van der Waals surface area contributed by atoms with Gasteiger partial charge in [0.1, 0.15) is 17.3 Å². The van der Waals surface area contributed by atoms with Gasteiger partial charge in [0.25, 0.3) is 5.91 Å². The van der Waals surface area contributed by atoms with Gasteiger partial charge in [0.2, 0.25) is 11.8 Å². The second-order valence-corrected chi connectivity index (χ2v) is 7.08. The van der Waals surface area contributed by atoms with E-state index in [9.17, 15) is 9.18 Å². The number of methoxy groups -OCH3 is 1. The fourth-order valence-electron chi connectivity index (χ4n) is 3.41. The summed E-state index contributed by atoms with van der Waals surface area (Å²) in [6.45, 7) is 1.17. The van der Waals surface area contributed by atoms with Crippen molar-refractivity contribution in [1.82, 2.24) is 15.1 Å². The Labute approximate surface area is 173 Å². The number of likely N-dealkylation sites (tertiary alicyclic amines) is 1. The Hall–Kier alpha value is -3.42. The Morgan fingerprint density at radius 3 is 2.60 bits per heavy atom. The monoisotopic (exact) mass is 411 g/mol. The van der Waals surface area contributed by atoms with Crippen molar-refractivity contribution in [3.8, 4) is 23.0 Å². The van der Waals surface area contributed by atoms with Crippen molar-refractivity contribution in [2.45, 2.75) is 18.8 Å². The van der Waals surface area contributed by atoms with Gasteiger partial charge in [0.15, 0.2) is 6.61 Å². The summed E-state index contributed by atoms with van der Waals surface area (Å²) >= 11 is 0. The van der Waals surface area contributed by atoms with Crippen LogP contribution in [0.2, 0.25) is 0 Å². The lowest BCUT2D eigenvalue weighted by atomic mass is 9.97. The maximum atomic E-state index is 13.1. The highest BCUT2D eigenvalue weighted by atomic mass is 19.1. The van der Waals surface area contributed by atoms with E-state index in [1.165, 1.54) is 12.1 Å². The summed E-state index contributed by atoms with van der Waals surface area (Å²) in [4.78, 5) is 14.3. The summed E-state index contributed by atoms with van der Waals surface area (Å²) in [7, 11) is 1.58. The molecule has 0 unspecified atom stereocenters. The summed E-state index contributed by atoms with van der Waals surface area (Å²) in [5, 5.41) is 8.22. The lowest BCUT2D eigenvalue weighted by Gasteiger charge is -2.30. The first kappa shape index (κ1) is 19.9. The normalized spacial score (nSPS) is 14.5. The van der Waals surface area contributed by atoms with Gasteiger partial charge in [-0.05, 0) is 49.2 Å². The van der Waals surface area contributed by atoms with Crippen LogP contribution in [0.25, 0.3) is 11.5 Å². The Bertz CT molecular complexity index is 998. The summed E-state index contributed by atoms with van der Waals surface area (Å²) in [5.74, 6) is 1.91. The van der Waals surface area contributed by atoms with Crippen LogP contribution in [0.15, 0.2) is 52.9 Å². The molecule has 7 nitrogen and oxygen atoms in total. The predicted molar refractivity (Wildman–Crippen MR) is 107 cm³/mol. The number of benzene rings is 2.